The lowest BCUT2D eigenvalue weighted by atomic mass is 10.2. The number of hydrogen-bond acceptors (Lipinski definition) is 8. The highest BCUT2D eigenvalue weighted by atomic mass is 31.2. The predicted molar refractivity (Wildman–Crippen MR) is 112 cm³/mol. The first-order chi connectivity index (χ1) is 14.8. The van der Waals surface area contributed by atoms with Gasteiger partial charge in [-0.1, -0.05) is 30.3 Å². The molecule has 0 bridgehead atoms. The molecule has 0 amide bonds. The Morgan fingerprint density at radius 3 is 2.84 bits per heavy atom. The van der Waals surface area contributed by atoms with Gasteiger partial charge in [-0.05, 0) is 12.5 Å². The number of nitrogen functional groups attached to an aromatic ring is 1. The van der Waals surface area contributed by atoms with Crippen LogP contribution in [0.25, 0.3) is 11.2 Å². The summed E-state index contributed by atoms with van der Waals surface area (Å²) < 4.78 is 25.8. The number of imidazole rings is 1. The summed E-state index contributed by atoms with van der Waals surface area (Å²) >= 11 is 0. The van der Waals surface area contributed by atoms with Gasteiger partial charge in [0.1, 0.15) is 12.4 Å². The lowest BCUT2D eigenvalue weighted by Crippen LogP contribution is -2.33. The third kappa shape index (κ3) is 5.98. The average Bonchev–Trinajstić information content (AvgIpc) is 3.13. The van der Waals surface area contributed by atoms with Crippen molar-refractivity contribution in [2.24, 2.45) is 0 Å². The third-order valence-corrected chi connectivity index (χ3v) is 6.12. The molecule has 0 aliphatic heterocycles. The topological polar surface area (TPSA) is 174 Å². The Morgan fingerprint density at radius 1 is 1.39 bits per heavy atom. The van der Waals surface area contributed by atoms with E-state index >= 15 is 0 Å². The van der Waals surface area contributed by atoms with Crippen LogP contribution in [0.5, 0.6) is 0 Å². The Labute approximate surface area is 176 Å². The number of rotatable bonds is 11. The summed E-state index contributed by atoms with van der Waals surface area (Å²) in [6, 6.07) is 7.98. The fourth-order valence-corrected chi connectivity index (χ4v) is 4.35. The van der Waals surface area contributed by atoms with E-state index in [0.29, 0.717) is 5.65 Å². The number of nitrogens with zero attached hydrogens (tertiary/aromatic N) is 3. The monoisotopic (exact) mass is 450 g/mol. The molecule has 5 N–H and O–H groups in total. The number of aromatic nitrogens is 4. The zero-order valence-corrected chi connectivity index (χ0v) is 17.6. The molecular formula is C18H23N6O6P. The second kappa shape index (κ2) is 9.84. The normalized spacial score (nSPS) is 14.4. The highest BCUT2D eigenvalue weighted by Gasteiger charge is 2.28. The molecule has 0 spiro atoms. The van der Waals surface area contributed by atoms with Gasteiger partial charge >= 0.3 is 5.97 Å². The zero-order valence-electron chi connectivity index (χ0n) is 16.7. The molecule has 0 aliphatic rings. The second-order valence-corrected chi connectivity index (χ2v) is 8.84. The summed E-state index contributed by atoms with van der Waals surface area (Å²) in [6.07, 6.45) is 1.08. The molecule has 0 fully saturated rings. The smallest absolute Gasteiger partial charge is 0.320 e. The number of aliphatic carboxylic acids is 1. The van der Waals surface area contributed by atoms with Crippen LogP contribution in [-0.2, 0) is 31.8 Å². The molecule has 0 saturated carbocycles. The number of nitrogens with one attached hydrogen (secondary N) is 2. The predicted octanol–water partition coefficient (Wildman–Crippen LogP) is 1.15. The second-order valence-electron chi connectivity index (χ2n) is 6.72. The van der Waals surface area contributed by atoms with Crippen molar-refractivity contribution in [3.05, 3.63) is 52.6 Å². The van der Waals surface area contributed by atoms with Crippen molar-refractivity contribution < 1.29 is 23.7 Å². The summed E-state index contributed by atoms with van der Waals surface area (Å²) in [7, 11) is -3.63. The summed E-state index contributed by atoms with van der Waals surface area (Å²) in [4.78, 5) is 33.4. The lowest BCUT2D eigenvalue weighted by Gasteiger charge is -2.22. The van der Waals surface area contributed by atoms with E-state index in [4.69, 9.17) is 20.1 Å². The van der Waals surface area contributed by atoms with Crippen molar-refractivity contribution in [2.75, 3.05) is 18.7 Å². The van der Waals surface area contributed by atoms with E-state index in [1.807, 2.05) is 18.2 Å². The first-order valence-corrected chi connectivity index (χ1v) is 11.1. The fraction of sp³-hybridized carbons (Fsp3) is 0.333. The molecule has 3 rings (SSSR count). The highest BCUT2D eigenvalue weighted by Crippen LogP contribution is 2.43. The highest BCUT2D eigenvalue weighted by molar-refractivity contribution is 7.56. The Balaban J connectivity index is 1.62. The molecule has 0 radical (unpaired) electrons. The maximum Gasteiger partial charge on any atom is 0.320 e. The molecule has 3 aromatic rings. The fourth-order valence-electron chi connectivity index (χ4n) is 2.70. The number of H-pyrrole nitrogens is 1. The summed E-state index contributed by atoms with van der Waals surface area (Å²) in [6.45, 7) is 1.73. The van der Waals surface area contributed by atoms with Gasteiger partial charge in [0, 0.05) is 6.54 Å². The molecule has 12 nitrogen and oxygen atoms in total. The Kier molecular flexibility index (Phi) is 7.18. The number of hydrogen-bond donors (Lipinski definition) is 4. The van der Waals surface area contributed by atoms with E-state index in [9.17, 15) is 14.2 Å². The number of nitrogens with two attached hydrogens (primary N) is 1. The maximum atomic E-state index is 13.1. The number of carboxylic acid groups (broad SMARTS) is 1. The van der Waals surface area contributed by atoms with E-state index in [0.717, 1.165) is 5.56 Å². The van der Waals surface area contributed by atoms with Crippen LogP contribution in [0.3, 0.4) is 0 Å². The Morgan fingerprint density at radius 2 is 2.13 bits per heavy atom. The molecule has 1 unspecified atom stereocenters. The summed E-state index contributed by atoms with van der Waals surface area (Å²) in [5.74, 6) is -1.20. The van der Waals surface area contributed by atoms with Crippen molar-refractivity contribution in [3.8, 4) is 0 Å². The van der Waals surface area contributed by atoms with Gasteiger partial charge in [0.05, 0.1) is 19.5 Å². The Hall–Kier alpha value is -3.05. The molecule has 1 aromatic carbocycles. The van der Waals surface area contributed by atoms with Crippen LogP contribution in [0.1, 0.15) is 12.5 Å². The summed E-state index contributed by atoms with van der Waals surface area (Å²) in [5.41, 5.74) is 6.34. The molecule has 2 atom stereocenters. The van der Waals surface area contributed by atoms with Gasteiger partial charge in [-0.3, -0.25) is 19.1 Å². The minimum Gasteiger partial charge on any atom is -0.480 e. The lowest BCUT2D eigenvalue weighted by molar-refractivity contribution is -0.138. The number of anilines is 1. The number of fused-ring (bicyclic) bond motifs is 1. The first kappa shape index (κ1) is 22.6. The third-order valence-electron chi connectivity index (χ3n) is 4.27. The van der Waals surface area contributed by atoms with Gasteiger partial charge < -0.3 is 24.7 Å². The van der Waals surface area contributed by atoms with Crippen molar-refractivity contribution in [3.63, 3.8) is 0 Å². The van der Waals surface area contributed by atoms with Crippen LogP contribution in [0, 0.1) is 0 Å². The van der Waals surface area contributed by atoms with Gasteiger partial charge in [0.15, 0.2) is 11.2 Å². The van der Waals surface area contributed by atoms with Crippen molar-refractivity contribution in [2.45, 2.75) is 26.1 Å². The molecule has 166 valence electrons. The number of carboxylic acids is 1. The minimum absolute atomic E-state index is 0.0267. The van der Waals surface area contributed by atoms with Crippen LogP contribution in [-0.4, -0.2) is 49.6 Å². The van der Waals surface area contributed by atoms with E-state index in [1.165, 1.54) is 13.3 Å². The van der Waals surface area contributed by atoms with Crippen LogP contribution in [0.15, 0.2) is 41.5 Å². The standard InChI is InChI=1S/C18H23N6O6P/c1-12(17(26)27)23-31(28,30-9-13-5-3-2-4-6-13)11-29-8-7-24-10-20-14-15(24)21-18(19)22-16(14)25/h2-6,10,12H,7-9,11H2,1H3,(H,23,28)(H,26,27)(H3,19,21,22,25)/t12-,31?/m0/s1. The average molecular weight is 450 g/mol. The molecule has 13 heteroatoms. The van der Waals surface area contributed by atoms with E-state index in [-0.39, 0.29) is 37.6 Å². The largest absolute Gasteiger partial charge is 0.480 e. The van der Waals surface area contributed by atoms with Crippen LogP contribution in [0.2, 0.25) is 0 Å². The number of carbonyl (C=O) groups is 1. The first-order valence-electron chi connectivity index (χ1n) is 9.34. The van der Waals surface area contributed by atoms with Crippen LogP contribution < -0.4 is 16.4 Å². The summed E-state index contributed by atoms with van der Waals surface area (Å²) in [5, 5.41) is 11.7. The van der Waals surface area contributed by atoms with Crippen LogP contribution >= 0.6 is 7.52 Å². The molecule has 2 heterocycles. The molecular weight excluding hydrogens is 427 g/mol. The molecule has 0 aliphatic carbocycles. The molecule has 31 heavy (non-hydrogen) atoms. The number of aromatic amines is 1. The Bertz CT molecular complexity index is 1150. The van der Waals surface area contributed by atoms with Crippen molar-refractivity contribution >= 4 is 30.6 Å². The van der Waals surface area contributed by atoms with Gasteiger partial charge in [-0.2, -0.15) is 4.98 Å². The number of benzene rings is 1. The van der Waals surface area contributed by atoms with Gasteiger partial charge in [0.25, 0.3) is 13.1 Å². The number of ether oxygens (including phenoxy) is 1. The van der Waals surface area contributed by atoms with E-state index in [1.54, 1.807) is 16.7 Å². The minimum atomic E-state index is -3.63. The van der Waals surface area contributed by atoms with Crippen molar-refractivity contribution in [1.82, 2.24) is 24.6 Å². The zero-order chi connectivity index (χ0) is 22.4. The van der Waals surface area contributed by atoms with Crippen molar-refractivity contribution in [1.29, 1.82) is 0 Å². The van der Waals surface area contributed by atoms with E-state index < -0.39 is 25.1 Å². The van der Waals surface area contributed by atoms with Gasteiger partial charge in [0.2, 0.25) is 5.95 Å². The SMILES string of the molecule is C[C@H](NP(=O)(COCCn1cnc2c(=O)[nH]c(N)nc21)OCc1ccccc1)C(=O)O. The molecule has 2 aromatic heterocycles. The van der Waals surface area contributed by atoms with Gasteiger partial charge in [-0.25, -0.2) is 10.1 Å². The molecule has 0 saturated heterocycles. The van der Waals surface area contributed by atoms with E-state index in [2.05, 4.69) is 20.0 Å². The quantitative estimate of drug-likeness (QED) is 0.245. The van der Waals surface area contributed by atoms with Crippen LogP contribution in [0.4, 0.5) is 5.95 Å². The van der Waals surface area contributed by atoms with Gasteiger partial charge in [-0.15, -0.1) is 0 Å². The maximum absolute atomic E-state index is 13.1.